The van der Waals surface area contributed by atoms with Crippen LogP contribution in [0.4, 0.5) is 0 Å². The summed E-state index contributed by atoms with van der Waals surface area (Å²) in [6.07, 6.45) is 2.12. The Bertz CT molecular complexity index is 1220. The summed E-state index contributed by atoms with van der Waals surface area (Å²) in [5.41, 5.74) is 4.70. The summed E-state index contributed by atoms with van der Waals surface area (Å²) in [5.74, 6) is 2.50. The molecule has 2 heterocycles. The first-order chi connectivity index (χ1) is 12.6. The van der Waals surface area contributed by atoms with E-state index in [1.807, 2.05) is 6.07 Å². The first-order valence-electron chi connectivity index (χ1n) is 8.80. The quantitative estimate of drug-likeness (QED) is 0.390. The van der Waals surface area contributed by atoms with Gasteiger partial charge in [0, 0.05) is 11.5 Å². The Labute approximate surface area is 152 Å². The summed E-state index contributed by atoms with van der Waals surface area (Å²) >= 11 is 0. The first-order valence-corrected chi connectivity index (χ1v) is 8.80. The van der Waals surface area contributed by atoms with Crippen LogP contribution in [0.2, 0.25) is 0 Å². The van der Waals surface area contributed by atoms with E-state index in [1.54, 1.807) is 7.11 Å². The van der Waals surface area contributed by atoms with Crippen LogP contribution in [0.5, 0.6) is 17.2 Å². The number of ether oxygens (including phenoxy) is 2. The minimum Gasteiger partial charge on any atom is -0.492 e. The van der Waals surface area contributed by atoms with Crippen molar-refractivity contribution in [1.82, 2.24) is 0 Å². The van der Waals surface area contributed by atoms with Crippen molar-refractivity contribution < 1.29 is 14.0 Å². The monoisotopic (exact) mass is 342 g/mol. The van der Waals surface area contributed by atoms with E-state index in [4.69, 9.17) is 9.47 Å². The van der Waals surface area contributed by atoms with Crippen molar-refractivity contribution in [1.29, 1.82) is 0 Å². The topological polar surface area (TPSA) is 22.3 Å². The lowest BCUT2D eigenvalue weighted by molar-refractivity contribution is -0.659. The van der Waals surface area contributed by atoms with E-state index < -0.39 is 0 Å². The number of aromatic nitrogens is 1. The lowest BCUT2D eigenvalue weighted by Gasteiger charge is -2.24. The van der Waals surface area contributed by atoms with Crippen LogP contribution in [-0.2, 0) is 7.05 Å². The normalized spacial score (nSPS) is 12.2. The highest BCUT2D eigenvalue weighted by atomic mass is 16.5. The highest BCUT2D eigenvalue weighted by molar-refractivity contribution is 6.07. The van der Waals surface area contributed by atoms with E-state index in [9.17, 15) is 0 Å². The molecule has 0 saturated carbocycles. The second-order valence-electron chi connectivity index (χ2n) is 7.01. The number of benzene rings is 3. The molecule has 4 aromatic rings. The average Bonchev–Trinajstić information content (AvgIpc) is 2.64. The second kappa shape index (κ2) is 5.21. The van der Waals surface area contributed by atoms with Gasteiger partial charge in [0.2, 0.25) is 5.69 Å². The molecule has 0 N–H and O–H groups in total. The zero-order valence-electron chi connectivity index (χ0n) is 15.4. The molecule has 1 aromatic heterocycles. The van der Waals surface area contributed by atoms with Gasteiger partial charge in [0.1, 0.15) is 12.8 Å². The summed E-state index contributed by atoms with van der Waals surface area (Å²) in [7, 11) is 3.81. The number of aryl methyl sites for hydroxylation is 3. The van der Waals surface area contributed by atoms with Crippen LogP contribution in [0, 0.1) is 13.8 Å². The molecule has 1 aliphatic heterocycles. The molecule has 26 heavy (non-hydrogen) atoms. The molecule has 0 atom stereocenters. The van der Waals surface area contributed by atoms with Gasteiger partial charge in [0.05, 0.1) is 18.1 Å². The predicted molar refractivity (Wildman–Crippen MR) is 104 cm³/mol. The third-order valence-electron chi connectivity index (χ3n) is 5.38. The third kappa shape index (κ3) is 1.86. The van der Waals surface area contributed by atoms with Crippen LogP contribution in [0.15, 0.2) is 48.7 Å². The van der Waals surface area contributed by atoms with Crippen LogP contribution in [-0.4, -0.2) is 7.11 Å². The van der Waals surface area contributed by atoms with Gasteiger partial charge in [0.25, 0.3) is 0 Å². The molecule has 3 heteroatoms. The number of nitrogens with zero attached hydrogens (tertiary/aromatic N) is 1. The van der Waals surface area contributed by atoms with Gasteiger partial charge >= 0.3 is 0 Å². The van der Waals surface area contributed by atoms with Crippen molar-refractivity contribution in [2.45, 2.75) is 13.8 Å². The fourth-order valence-electron chi connectivity index (χ4n) is 4.23. The van der Waals surface area contributed by atoms with Crippen LogP contribution < -0.4 is 14.0 Å². The van der Waals surface area contributed by atoms with Gasteiger partial charge in [-0.3, -0.25) is 0 Å². The zero-order valence-corrected chi connectivity index (χ0v) is 15.4. The van der Waals surface area contributed by atoms with E-state index in [1.165, 1.54) is 27.6 Å². The molecule has 0 aliphatic carbocycles. The van der Waals surface area contributed by atoms with Crippen LogP contribution >= 0.6 is 0 Å². The maximum atomic E-state index is 6.46. The smallest absolute Gasteiger partial charge is 0.228 e. The van der Waals surface area contributed by atoms with Crippen molar-refractivity contribution in [3.8, 4) is 28.5 Å². The zero-order chi connectivity index (χ0) is 18.0. The molecule has 0 saturated heterocycles. The Morgan fingerprint density at radius 2 is 1.77 bits per heavy atom. The van der Waals surface area contributed by atoms with Gasteiger partial charge in [-0.25, -0.2) is 4.57 Å². The molecule has 5 rings (SSSR count). The molecule has 0 fully saturated rings. The van der Waals surface area contributed by atoms with E-state index in [0.717, 1.165) is 33.6 Å². The highest BCUT2D eigenvalue weighted by Gasteiger charge is 2.33. The van der Waals surface area contributed by atoms with Gasteiger partial charge in [0.15, 0.2) is 17.7 Å². The molecule has 0 bridgehead atoms. The SMILES string of the molecule is COc1c2c(c(C)c3ccccc13)-c1c3c(cc(C)cc3cc[n+]1C)O2. The number of methoxy groups -OCH3 is 1. The average molecular weight is 342 g/mol. The molecule has 0 radical (unpaired) electrons. The Balaban J connectivity index is 2.04. The number of hydrogen-bond acceptors (Lipinski definition) is 2. The van der Waals surface area contributed by atoms with Gasteiger partial charge in [-0.05, 0) is 41.8 Å². The standard InChI is InChI=1S/C23H20NO2/c1-13-11-15-9-10-24(3)21-19-14(2)16-7-5-6-8-17(16)22(25-4)23(19)26-18(12-13)20(15)21/h5-12H,1-4H3/q+1. The largest absolute Gasteiger partial charge is 0.492 e. The Hall–Kier alpha value is -3.07. The number of fused-ring (bicyclic) bond motifs is 3. The van der Waals surface area contributed by atoms with Gasteiger partial charge in [-0.1, -0.05) is 30.3 Å². The molecule has 0 spiro atoms. The van der Waals surface area contributed by atoms with Crippen molar-refractivity contribution >= 4 is 21.5 Å². The molecule has 128 valence electrons. The Morgan fingerprint density at radius 1 is 1.00 bits per heavy atom. The van der Waals surface area contributed by atoms with E-state index >= 15 is 0 Å². The fourth-order valence-corrected chi connectivity index (χ4v) is 4.23. The summed E-state index contributed by atoms with van der Waals surface area (Å²) in [5, 5.41) is 4.63. The Morgan fingerprint density at radius 3 is 2.54 bits per heavy atom. The summed E-state index contributed by atoms with van der Waals surface area (Å²) < 4.78 is 14.5. The minimum atomic E-state index is 0.797. The predicted octanol–water partition coefficient (Wildman–Crippen LogP) is 5.22. The third-order valence-corrected chi connectivity index (χ3v) is 5.38. The molecular weight excluding hydrogens is 322 g/mol. The first kappa shape index (κ1) is 15.2. The lowest BCUT2D eigenvalue weighted by atomic mass is 9.91. The number of rotatable bonds is 1. The number of pyridine rings is 1. The van der Waals surface area contributed by atoms with Crippen molar-refractivity contribution in [2.24, 2.45) is 7.05 Å². The summed E-state index contributed by atoms with van der Waals surface area (Å²) in [6.45, 7) is 4.27. The minimum absolute atomic E-state index is 0.797. The molecule has 0 amide bonds. The van der Waals surface area contributed by atoms with Gasteiger partial charge < -0.3 is 9.47 Å². The van der Waals surface area contributed by atoms with E-state index in [2.05, 4.69) is 68.1 Å². The molecular formula is C23H20NO2+. The summed E-state index contributed by atoms with van der Waals surface area (Å²) in [4.78, 5) is 0. The van der Waals surface area contributed by atoms with Crippen LogP contribution in [0.25, 0.3) is 32.8 Å². The Kier molecular flexibility index (Phi) is 3.05. The van der Waals surface area contributed by atoms with Crippen molar-refractivity contribution in [2.75, 3.05) is 7.11 Å². The lowest BCUT2D eigenvalue weighted by Crippen LogP contribution is -2.31. The van der Waals surface area contributed by atoms with E-state index in [-0.39, 0.29) is 0 Å². The second-order valence-corrected chi connectivity index (χ2v) is 7.01. The molecule has 3 nitrogen and oxygen atoms in total. The van der Waals surface area contributed by atoms with Gasteiger partial charge in [-0.2, -0.15) is 0 Å². The molecule has 1 aliphatic rings. The number of hydrogen-bond donors (Lipinski definition) is 0. The maximum Gasteiger partial charge on any atom is 0.228 e. The van der Waals surface area contributed by atoms with Crippen LogP contribution in [0.1, 0.15) is 11.1 Å². The fraction of sp³-hybridized carbons (Fsp3) is 0.174. The summed E-state index contributed by atoms with van der Waals surface area (Å²) in [6, 6.07) is 14.8. The molecule has 0 unspecified atom stereocenters. The maximum absolute atomic E-state index is 6.46. The van der Waals surface area contributed by atoms with Crippen molar-refractivity contribution in [3.05, 3.63) is 59.8 Å². The van der Waals surface area contributed by atoms with Crippen LogP contribution in [0.3, 0.4) is 0 Å². The van der Waals surface area contributed by atoms with Crippen molar-refractivity contribution in [3.63, 3.8) is 0 Å². The highest BCUT2D eigenvalue weighted by Crippen LogP contribution is 2.53. The van der Waals surface area contributed by atoms with Gasteiger partial charge in [-0.15, -0.1) is 0 Å². The molecule has 3 aromatic carbocycles. The van der Waals surface area contributed by atoms with E-state index in [0.29, 0.717) is 0 Å².